The molecule has 1 unspecified atom stereocenters. The molecule has 0 aromatic carbocycles. The van der Waals surface area contributed by atoms with Crippen molar-refractivity contribution in [3.05, 3.63) is 12.2 Å². The Hall–Kier alpha value is -0.880. The van der Waals surface area contributed by atoms with Gasteiger partial charge in [0.05, 0.1) is 11.8 Å². The van der Waals surface area contributed by atoms with E-state index < -0.39 is 15.9 Å². The summed E-state index contributed by atoms with van der Waals surface area (Å²) in [6.07, 6.45) is 1.29. The SMILES string of the molecule is C=C(C)CN(CC)C(=O)C(N)CCS(C)(=O)=O. The van der Waals surface area contributed by atoms with Crippen molar-refractivity contribution in [2.24, 2.45) is 5.73 Å². The van der Waals surface area contributed by atoms with Crippen LogP contribution in [0.5, 0.6) is 0 Å². The number of likely N-dealkylation sites (N-methyl/N-ethyl adjacent to an activating group) is 1. The maximum absolute atomic E-state index is 11.9. The lowest BCUT2D eigenvalue weighted by atomic mass is 10.2. The van der Waals surface area contributed by atoms with Crippen LogP contribution in [0, 0.1) is 0 Å². The van der Waals surface area contributed by atoms with Gasteiger partial charge >= 0.3 is 0 Å². The van der Waals surface area contributed by atoms with Crippen molar-refractivity contribution in [3.63, 3.8) is 0 Å². The molecule has 0 saturated heterocycles. The van der Waals surface area contributed by atoms with Gasteiger partial charge < -0.3 is 10.6 Å². The maximum Gasteiger partial charge on any atom is 0.239 e. The smallest absolute Gasteiger partial charge is 0.239 e. The Kier molecular flexibility index (Phi) is 6.41. The molecule has 0 bridgehead atoms. The number of nitrogens with two attached hydrogens (primary N) is 1. The molecule has 5 nitrogen and oxygen atoms in total. The topological polar surface area (TPSA) is 80.5 Å². The summed E-state index contributed by atoms with van der Waals surface area (Å²) in [4.78, 5) is 13.5. The lowest BCUT2D eigenvalue weighted by Crippen LogP contribution is -2.45. The van der Waals surface area contributed by atoms with Gasteiger partial charge in [0, 0.05) is 19.3 Å². The van der Waals surface area contributed by atoms with Crippen LogP contribution in [0.3, 0.4) is 0 Å². The van der Waals surface area contributed by atoms with E-state index in [1.165, 1.54) is 0 Å². The molecule has 0 aromatic heterocycles. The number of carbonyl (C=O) groups is 1. The Morgan fingerprint density at radius 1 is 1.47 bits per heavy atom. The number of rotatable bonds is 7. The highest BCUT2D eigenvalue weighted by Crippen LogP contribution is 2.02. The quantitative estimate of drug-likeness (QED) is 0.663. The van der Waals surface area contributed by atoms with Crippen LogP contribution in [0.25, 0.3) is 0 Å². The van der Waals surface area contributed by atoms with Gasteiger partial charge in [-0.15, -0.1) is 0 Å². The van der Waals surface area contributed by atoms with Crippen molar-refractivity contribution in [3.8, 4) is 0 Å². The molecule has 0 aliphatic heterocycles. The fourth-order valence-corrected chi connectivity index (χ4v) is 2.05. The summed E-state index contributed by atoms with van der Waals surface area (Å²) in [7, 11) is -3.08. The largest absolute Gasteiger partial charge is 0.338 e. The van der Waals surface area contributed by atoms with E-state index in [0.717, 1.165) is 11.8 Å². The van der Waals surface area contributed by atoms with Gasteiger partial charge in [0.15, 0.2) is 0 Å². The van der Waals surface area contributed by atoms with Crippen LogP contribution in [-0.4, -0.2) is 50.4 Å². The first-order chi connectivity index (χ1) is 7.67. The number of hydrogen-bond donors (Lipinski definition) is 1. The molecule has 1 amide bonds. The fourth-order valence-electron chi connectivity index (χ4n) is 1.37. The zero-order valence-electron chi connectivity index (χ0n) is 10.8. The molecule has 100 valence electrons. The van der Waals surface area contributed by atoms with Gasteiger partial charge in [-0.05, 0) is 20.3 Å². The van der Waals surface area contributed by atoms with Gasteiger partial charge in [-0.1, -0.05) is 12.2 Å². The van der Waals surface area contributed by atoms with E-state index in [0.29, 0.717) is 13.1 Å². The highest BCUT2D eigenvalue weighted by Gasteiger charge is 2.20. The summed E-state index contributed by atoms with van der Waals surface area (Å²) >= 11 is 0. The molecule has 2 N–H and O–H groups in total. The van der Waals surface area contributed by atoms with Gasteiger partial charge in [0.2, 0.25) is 5.91 Å². The van der Waals surface area contributed by atoms with E-state index in [1.54, 1.807) is 4.90 Å². The van der Waals surface area contributed by atoms with Crippen molar-refractivity contribution in [1.82, 2.24) is 4.90 Å². The molecule has 0 spiro atoms. The third kappa shape index (κ3) is 7.12. The zero-order chi connectivity index (χ0) is 13.6. The molecule has 0 radical (unpaired) electrons. The highest BCUT2D eigenvalue weighted by molar-refractivity contribution is 7.90. The first-order valence-corrected chi connectivity index (χ1v) is 7.60. The predicted octanol–water partition coefficient (Wildman–Crippen LogP) is 0.173. The maximum atomic E-state index is 11.9. The van der Waals surface area contributed by atoms with Crippen LogP contribution >= 0.6 is 0 Å². The van der Waals surface area contributed by atoms with Crippen molar-refractivity contribution in [1.29, 1.82) is 0 Å². The Morgan fingerprint density at radius 2 is 2.00 bits per heavy atom. The van der Waals surface area contributed by atoms with E-state index >= 15 is 0 Å². The third-order valence-corrected chi connectivity index (χ3v) is 3.25. The number of amides is 1. The monoisotopic (exact) mass is 262 g/mol. The van der Waals surface area contributed by atoms with Crippen molar-refractivity contribution in [2.45, 2.75) is 26.3 Å². The number of carbonyl (C=O) groups excluding carboxylic acids is 1. The summed E-state index contributed by atoms with van der Waals surface area (Å²) in [5.41, 5.74) is 6.56. The minimum absolute atomic E-state index is 0.0649. The normalized spacial score (nSPS) is 13.2. The van der Waals surface area contributed by atoms with E-state index in [4.69, 9.17) is 5.73 Å². The molecule has 0 heterocycles. The molecule has 0 rings (SSSR count). The van der Waals surface area contributed by atoms with Crippen LogP contribution in [0.1, 0.15) is 20.3 Å². The summed E-state index contributed by atoms with van der Waals surface area (Å²) < 4.78 is 22.0. The summed E-state index contributed by atoms with van der Waals surface area (Å²) in [5, 5.41) is 0. The third-order valence-electron chi connectivity index (χ3n) is 2.27. The predicted molar refractivity (Wildman–Crippen MR) is 69.4 cm³/mol. The highest BCUT2D eigenvalue weighted by atomic mass is 32.2. The number of nitrogens with zero attached hydrogens (tertiary/aromatic N) is 1. The van der Waals surface area contributed by atoms with Gasteiger partial charge in [-0.3, -0.25) is 4.79 Å². The Labute approximate surface area is 104 Å². The van der Waals surface area contributed by atoms with Crippen LogP contribution in [0.15, 0.2) is 12.2 Å². The first kappa shape index (κ1) is 16.1. The van der Waals surface area contributed by atoms with E-state index in [2.05, 4.69) is 6.58 Å². The molecular weight excluding hydrogens is 240 g/mol. The Bertz CT molecular complexity index is 376. The molecule has 17 heavy (non-hydrogen) atoms. The van der Waals surface area contributed by atoms with Crippen molar-refractivity contribution >= 4 is 15.7 Å². The van der Waals surface area contributed by atoms with Gasteiger partial charge in [-0.2, -0.15) is 0 Å². The standard InChI is InChI=1S/C11H22N2O3S/c1-5-13(8-9(2)3)11(14)10(12)6-7-17(4,15)16/h10H,2,5-8,12H2,1,3-4H3. The lowest BCUT2D eigenvalue weighted by Gasteiger charge is -2.24. The Morgan fingerprint density at radius 3 is 2.35 bits per heavy atom. The molecular formula is C11H22N2O3S. The van der Waals surface area contributed by atoms with Crippen molar-refractivity contribution in [2.75, 3.05) is 25.1 Å². The average molecular weight is 262 g/mol. The van der Waals surface area contributed by atoms with Gasteiger partial charge in [0.1, 0.15) is 9.84 Å². The number of sulfone groups is 1. The van der Waals surface area contributed by atoms with Crippen molar-refractivity contribution < 1.29 is 13.2 Å². The van der Waals surface area contributed by atoms with Crippen LogP contribution in [0.2, 0.25) is 0 Å². The second kappa shape index (κ2) is 6.76. The molecule has 0 saturated carbocycles. The molecule has 6 heteroatoms. The molecule has 1 atom stereocenters. The summed E-state index contributed by atoms with van der Waals surface area (Å²) in [6.45, 7) is 8.42. The molecule has 0 fully saturated rings. The Balaban J connectivity index is 4.41. The molecule has 0 aliphatic rings. The first-order valence-electron chi connectivity index (χ1n) is 5.53. The summed E-state index contributed by atoms with van der Waals surface area (Å²) in [5.74, 6) is -0.288. The van der Waals surface area contributed by atoms with Crippen LogP contribution < -0.4 is 5.73 Å². The second-order valence-corrected chi connectivity index (χ2v) is 6.59. The van der Waals surface area contributed by atoms with Gasteiger partial charge in [-0.25, -0.2) is 8.42 Å². The van der Waals surface area contributed by atoms with Crippen LogP contribution in [-0.2, 0) is 14.6 Å². The molecule has 0 aliphatic carbocycles. The minimum Gasteiger partial charge on any atom is -0.338 e. The number of hydrogen-bond acceptors (Lipinski definition) is 4. The second-order valence-electron chi connectivity index (χ2n) is 4.33. The minimum atomic E-state index is -3.08. The fraction of sp³-hybridized carbons (Fsp3) is 0.727. The van der Waals surface area contributed by atoms with Crippen LogP contribution in [0.4, 0.5) is 0 Å². The lowest BCUT2D eigenvalue weighted by molar-refractivity contribution is -0.132. The molecule has 0 aromatic rings. The van der Waals surface area contributed by atoms with Gasteiger partial charge in [0.25, 0.3) is 0 Å². The zero-order valence-corrected chi connectivity index (χ0v) is 11.6. The van der Waals surface area contributed by atoms with E-state index in [-0.39, 0.29) is 18.1 Å². The average Bonchev–Trinajstić information content (AvgIpc) is 2.20. The summed E-state index contributed by atoms with van der Waals surface area (Å²) in [6, 6.07) is -0.760. The van der Waals surface area contributed by atoms with E-state index in [1.807, 2.05) is 13.8 Å². The van der Waals surface area contributed by atoms with E-state index in [9.17, 15) is 13.2 Å².